The molecule has 1 saturated carbocycles. The molecule has 1 amide bonds. The first-order valence-electron chi connectivity index (χ1n) is 8.09. The van der Waals surface area contributed by atoms with E-state index in [1.807, 2.05) is 0 Å². The standard InChI is InChI=1S/C16H27NO4/c1-12-5-8-17(13(12)11-18)14(19)9-16(10-15(20)21)6-3-2-4-7-16/h12-13,18H,2-11H2,1H3,(H,20,21). The fourth-order valence-corrected chi connectivity index (χ4v) is 4.06. The van der Waals surface area contributed by atoms with Crippen molar-refractivity contribution in [3.8, 4) is 0 Å². The lowest BCUT2D eigenvalue weighted by Crippen LogP contribution is -2.43. The third kappa shape index (κ3) is 3.76. The maximum absolute atomic E-state index is 12.6. The first kappa shape index (κ1) is 16.3. The molecule has 5 heteroatoms. The number of carbonyl (C=O) groups excluding carboxylic acids is 1. The summed E-state index contributed by atoms with van der Waals surface area (Å²) in [7, 11) is 0. The fraction of sp³-hybridized carbons (Fsp3) is 0.875. The smallest absolute Gasteiger partial charge is 0.303 e. The van der Waals surface area contributed by atoms with E-state index in [9.17, 15) is 19.8 Å². The lowest BCUT2D eigenvalue weighted by atomic mass is 9.69. The maximum Gasteiger partial charge on any atom is 0.303 e. The van der Waals surface area contributed by atoms with Crippen LogP contribution >= 0.6 is 0 Å². The molecule has 2 rings (SSSR count). The summed E-state index contributed by atoms with van der Waals surface area (Å²) < 4.78 is 0. The largest absolute Gasteiger partial charge is 0.481 e. The van der Waals surface area contributed by atoms with Crippen LogP contribution in [0.1, 0.15) is 58.3 Å². The zero-order valence-electron chi connectivity index (χ0n) is 12.9. The van der Waals surface area contributed by atoms with Gasteiger partial charge in [0.1, 0.15) is 0 Å². The van der Waals surface area contributed by atoms with E-state index in [2.05, 4.69) is 6.92 Å². The zero-order valence-corrected chi connectivity index (χ0v) is 12.9. The molecular formula is C16H27NO4. The van der Waals surface area contributed by atoms with Gasteiger partial charge in [-0.05, 0) is 30.6 Å². The molecular weight excluding hydrogens is 270 g/mol. The van der Waals surface area contributed by atoms with Gasteiger partial charge in [-0.25, -0.2) is 0 Å². The van der Waals surface area contributed by atoms with Crippen molar-refractivity contribution in [3.05, 3.63) is 0 Å². The molecule has 0 aromatic heterocycles. The van der Waals surface area contributed by atoms with Gasteiger partial charge in [-0.3, -0.25) is 9.59 Å². The Hall–Kier alpha value is -1.10. The third-order valence-electron chi connectivity index (χ3n) is 5.36. The number of carbonyl (C=O) groups is 2. The highest BCUT2D eigenvalue weighted by molar-refractivity contribution is 5.79. The number of rotatable bonds is 5. The fourth-order valence-electron chi connectivity index (χ4n) is 4.06. The van der Waals surface area contributed by atoms with E-state index in [0.29, 0.717) is 18.9 Å². The molecule has 2 unspecified atom stereocenters. The minimum Gasteiger partial charge on any atom is -0.481 e. The normalized spacial score (nSPS) is 28.6. The van der Waals surface area contributed by atoms with Gasteiger partial charge in [0.15, 0.2) is 0 Å². The molecule has 1 saturated heterocycles. The first-order valence-corrected chi connectivity index (χ1v) is 8.09. The lowest BCUT2D eigenvalue weighted by Gasteiger charge is -2.37. The second kappa shape index (κ2) is 6.77. The van der Waals surface area contributed by atoms with E-state index < -0.39 is 5.97 Å². The molecule has 120 valence electrons. The molecule has 2 aliphatic rings. The van der Waals surface area contributed by atoms with Crippen LogP contribution in [0.25, 0.3) is 0 Å². The van der Waals surface area contributed by atoms with Crippen molar-refractivity contribution in [3.63, 3.8) is 0 Å². The molecule has 5 nitrogen and oxygen atoms in total. The molecule has 0 bridgehead atoms. The van der Waals surface area contributed by atoms with E-state index in [1.165, 1.54) is 0 Å². The highest BCUT2D eigenvalue weighted by Crippen LogP contribution is 2.43. The molecule has 0 spiro atoms. The molecule has 1 aliphatic heterocycles. The minimum atomic E-state index is -0.807. The van der Waals surface area contributed by atoms with E-state index in [4.69, 9.17) is 0 Å². The van der Waals surface area contributed by atoms with Gasteiger partial charge >= 0.3 is 5.97 Å². The van der Waals surface area contributed by atoms with Crippen LogP contribution in [0.15, 0.2) is 0 Å². The van der Waals surface area contributed by atoms with Crippen molar-refractivity contribution in [1.29, 1.82) is 0 Å². The molecule has 0 radical (unpaired) electrons. The van der Waals surface area contributed by atoms with Gasteiger partial charge in [0.25, 0.3) is 0 Å². The predicted octanol–water partition coefficient (Wildman–Crippen LogP) is 2.03. The number of hydrogen-bond donors (Lipinski definition) is 2. The molecule has 1 heterocycles. The van der Waals surface area contributed by atoms with Crippen molar-refractivity contribution in [1.82, 2.24) is 4.90 Å². The zero-order chi connectivity index (χ0) is 15.5. The number of carboxylic acid groups (broad SMARTS) is 1. The Bertz CT molecular complexity index is 390. The number of hydrogen-bond acceptors (Lipinski definition) is 3. The summed E-state index contributed by atoms with van der Waals surface area (Å²) in [5, 5.41) is 18.7. The minimum absolute atomic E-state index is 0.00115. The van der Waals surface area contributed by atoms with Crippen LogP contribution in [0.4, 0.5) is 0 Å². The number of nitrogens with zero attached hydrogens (tertiary/aromatic N) is 1. The average Bonchev–Trinajstić information content (AvgIpc) is 2.79. The molecule has 2 atom stereocenters. The molecule has 2 N–H and O–H groups in total. The average molecular weight is 297 g/mol. The van der Waals surface area contributed by atoms with Gasteiger partial charge in [-0.1, -0.05) is 26.2 Å². The molecule has 0 aromatic carbocycles. The molecule has 2 fully saturated rings. The Labute approximate surface area is 126 Å². The Morgan fingerprint density at radius 3 is 2.43 bits per heavy atom. The number of aliphatic carboxylic acids is 1. The number of aliphatic hydroxyl groups is 1. The second-order valence-electron chi connectivity index (χ2n) is 6.91. The van der Waals surface area contributed by atoms with Gasteiger partial charge in [0.2, 0.25) is 5.91 Å². The summed E-state index contributed by atoms with van der Waals surface area (Å²) in [4.78, 5) is 25.6. The summed E-state index contributed by atoms with van der Waals surface area (Å²) in [6.07, 6.45) is 6.16. The molecule has 21 heavy (non-hydrogen) atoms. The lowest BCUT2D eigenvalue weighted by molar-refractivity contribution is -0.143. The van der Waals surface area contributed by atoms with Crippen LogP contribution in [0.3, 0.4) is 0 Å². The summed E-state index contributed by atoms with van der Waals surface area (Å²) in [6, 6.07) is -0.0945. The van der Waals surface area contributed by atoms with Crippen LogP contribution < -0.4 is 0 Å². The number of likely N-dealkylation sites (tertiary alicyclic amines) is 1. The molecule has 0 aromatic rings. The van der Waals surface area contributed by atoms with Crippen LogP contribution in [0.2, 0.25) is 0 Å². The Balaban J connectivity index is 2.05. The van der Waals surface area contributed by atoms with Gasteiger partial charge in [0, 0.05) is 13.0 Å². The Morgan fingerprint density at radius 2 is 1.86 bits per heavy atom. The number of amides is 1. The maximum atomic E-state index is 12.6. The highest BCUT2D eigenvalue weighted by Gasteiger charge is 2.40. The van der Waals surface area contributed by atoms with Gasteiger partial charge in [0.05, 0.1) is 19.1 Å². The topological polar surface area (TPSA) is 77.8 Å². The van der Waals surface area contributed by atoms with Crippen LogP contribution in [-0.4, -0.2) is 46.2 Å². The first-order chi connectivity index (χ1) is 9.97. The second-order valence-corrected chi connectivity index (χ2v) is 6.91. The van der Waals surface area contributed by atoms with E-state index in [0.717, 1.165) is 38.5 Å². The quantitative estimate of drug-likeness (QED) is 0.814. The van der Waals surface area contributed by atoms with E-state index in [1.54, 1.807) is 4.90 Å². The van der Waals surface area contributed by atoms with Crippen molar-refractivity contribution >= 4 is 11.9 Å². The van der Waals surface area contributed by atoms with Gasteiger partial charge in [-0.15, -0.1) is 0 Å². The SMILES string of the molecule is CC1CCN(C(=O)CC2(CC(=O)O)CCCCC2)C1CO. The van der Waals surface area contributed by atoms with Crippen LogP contribution in [0.5, 0.6) is 0 Å². The summed E-state index contributed by atoms with van der Waals surface area (Å²) >= 11 is 0. The van der Waals surface area contributed by atoms with Crippen molar-refractivity contribution in [2.45, 2.75) is 64.3 Å². The van der Waals surface area contributed by atoms with E-state index in [-0.39, 0.29) is 30.4 Å². The summed E-state index contributed by atoms with van der Waals surface area (Å²) in [5.74, 6) is -0.458. The summed E-state index contributed by atoms with van der Waals surface area (Å²) in [5.41, 5.74) is -0.368. The monoisotopic (exact) mass is 297 g/mol. The Kier molecular flexibility index (Phi) is 5.25. The Morgan fingerprint density at radius 1 is 1.19 bits per heavy atom. The highest BCUT2D eigenvalue weighted by atomic mass is 16.4. The van der Waals surface area contributed by atoms with Crippen molar-refractivity contribution < 1.29 is 19.8 Å². The van der Waals surface area contributed by atoms with E-state index >= 15 is 0 Å². The third-order valence-corrected chi connectivity index (χ3v) is 5.36. The number of aliphatic hydroxyl groups excluding tert-OH is 1. The van der Waals surface area contributed by atoms with Gasteiger partial charge < -0.3 is 15.1 Å². The van der Waals surface area contributed by atoms with Crippen LogP contribution in [-0.2, 0) is 9.59 Å². The van der Waals surface area contributed by atoms with Crippen molar-refractivity contribution in [2.75, 3.05) is 13.2 Å². The number of carboxylic acids is 1. The van der Waals surface area contributed by atoms with Crippen LogP contribution in [0, 0.1) is 11.3 Å². The molecule has 1 aliphatic carbocycles. The van der Waals surface area contributed by atoms with Crippen molar-refractivity contribution in [2.24, 2.45) is 11.3 Å². The predicted molar refractivity (Wildman–Crippen MR) is 78.8 cm³/mol. The van der Waals surface area contributed by atoms with Gasteiger partial charge in [-0.2, -0.15) is 0 Å². The summed E-state index contributed by atoms with van der Waals surface area (Å²) in [6.45, 7) is 2.75.